The number of hydrogen-bond acceptors (Lipinski definition) is 8. The maximum atomic E-state index is 14.1. The number of aromatic nitrogens is 3. The molecule has 1 aliphatic heterocycles. The number of sulfonamides is 1. The lowest BCUT2D eigenvalue weighted by molar-refractivity contribution is 0.174. The largest absolute Gasteiger partial charge is 0.454 e. The Hall–Kier alpha value is -3.80. The molecule has 0 atom stereocenters. The molecule has 5 aromatic rings. The van der Waals surface area contributed by atoms with E-state index in [1.54, 1.807) is 36.4 Å². The number of pyridine rings is 1. The molecule has 3 aromatic carbocycles. The number of fused-ring (bicyclic) bond motifs is 3. The summed E-state index contributed by atoms with van der Waals surface area (Å²) >= 11 is 0.954. The molecule has 1 N–H and O–H groups in total. The minimum Gasteiger partial charge on any atom is -0.454 e. The Bertz CT molecular complexity index is 1850. The number of benzene rings is 3. The number of aryl methyl sites for hydroxylation is 2. The van der Waals surface area contributed by atoms with Crippen LogP contribution in [0.1, 0.15) is 22.3 Å². The van der Waals surface area contributed by atoms with Crippen molar-refractivity contribution in [3.8, 4) is 11.5 Å². The van der Waals surface area contributed by atoms with E-state index in [1.807, 2.05) is 26.0 Å². The van der Waals surface area contributed by atoms with Crippen molar-refractivity contribution < 1.29 is 17.9 Å². The lowest BCUT2D eigenvalue weighted by atomic mass is 10.0. The van der Waals surface area contributed by atoms with Crippen molar-refractivity contribution in [3.05, 3.63) is 87.2 Å². The van der Waals surface area contributed by atoms with Gasteiger partial charge in [0.05, 0.1) is 11.7 Å². The van der Waals surface area contributed by atoms with Crippen LogP contribution in [0.25, 0.3) is 21.9 Å². The number of rotatable bonds is 6. The molecular formula is C26H22N4O5S2. The molecule has 11 heteroatoms. The van der Waals surface area contributed by atoms with Crippen molar-refractivity contribution >= 4 is 43.7 Å². The Morgan fingerprint density at radius 2 is 1.84 bits per heavy atom. The van der Waals surface area contributed by atoms with E-state index in [2.05, 4.69) is 13.7 Å². The lowest BCUT2D eigenvalue weighted by Gasteiger charge is -2.23. The molecule has 6 rings (SSSR count). The molecule has 0 amide bonds. The fourth-order valence-corrected chi connectivity index (χ4v) is 6.78. The first-order valence-corrected chi connectivity index (χ1v) is 13.7. The van der Waals surface area contributed by atoms with Crippen LogP contribution in [0.2, 0.25) is 0 Å². The first-order valence-electron chi connectivity index (χ1n) is 11.5. The van der Waals surface area contributed by atoms with Crippen LogP contribution in [0.4, 0.5) is 0 Å². The van der Waals surface area contributed by atoms with Gasteiger partial charge in [-0.05, 0) is 66.9 Å². The molecule has 0 radical (unpaired) electrons. The number of nitrogens with zero attached hydrogens (tertiary/aromatic N) is 3. The van der Waals surface area contributed by atoms with E-state index in [0.717, 1.165) is 33.8 Å². The van der Waals surface area contributed by atoms with Crippen LogP contribution in [0.3, 0.4) is 0 Å². The Morgan fingerprint density at radius 3 is 2.70 bits per heavy atom. The molecular weight excluding hydrogens is 512 g/mol. The van der Waals surface area contributed by atoms with Gasteiger partial charge in [0, 0.05) is 29.6 Å². The molecule has 0 saturated carbocycles. The van der Waals surface area contributed by atoms with Gasteiger partial charge in [-0.3, -0.25) is 4.79 Å². The van der Waals surface area contributed by atoms with Gasteiger partial charge < -0.3 is 14.5 Å². The van der Waals surface area contributed by atoms with Crippen LogP contribution in [-0.2, 0) is 23.1 Å². The standard InChI is InChI=1S/C26H22N4O5S2/c1-15-8-16(2)19-11-18(26(31)27-21(19)9-15)13-30(12-17-6-7-22-23(10-17)35-14-34-22)37(32,33)24-5-3-4-20-25(24)29-36-28-20/h3-11H,12-14H2,1-2H3,(H,27,31). The van der Waals surface area contributed by atoms with Crippen molar-refractivity contribution in [1.29, 1.82) is 0 Å². The van der Waals surface area contributed by atoms with Crippen molar-refractivity contribution in [2.24, 2.45) is 0 Å². The molecule has 0 fully saturated rings. The summed E-state index contributed by atoms with van der Waals surface area (Å²) in [6.07, 6.45) is 0. The van der Waals surface area contributed by atoms with Crippen LogP contribution < -0.4 is 15.0 Å². The number of H-pyrrole nitrogens is 1. The highest BCUT2D eigenvalue weighted by Gasteiger charge is 2.29. The van der Waals surface area contributed by atoms with Gasteiger partial charge >= 0.3 is 0 Å². The van der Waals surface area contributed by atoms with E-state index < -0.39 is 10.0 Å². The van der Waals surface area contributed by atoms with Crippen molar-refractivity contribution in [3.63, 3.8) is 0 Å². The quantitative estimate of drug-likeness (QED) is 0.346. The zero-order valence-electron chi connectivity index (χ0n) is 20.0. The summed E-state index contributed by atoms with van der Waals surface area (Å²) < 4.78 is 48.7. The normalized spacial score (nSPS) is 13.2. The maximum absolute atomic E-state index is 14.1. The molecule has 0 spiro atoms. The third-order valence-electron chi connectivity index (χ3n) is 6.40. The van der Waals surface area contributed by atoms with Gasteiger partial charge in [0.1, 0.15) is 15.9 Å². The van der Waals surface area contributed by atoms with E-state index >= 15 is 0 Å². The van der Waals surface area contributed by atoms with Crippen LogP contribution in [0, 0.1) is 13.8 Å². The Balaban J connectivity index is 1.46. The maximum Gasteiger partial charge on any atom is 0.252 e. The molecule has 188 valence electrons. The van der Waals surface area contributed by atoms with Gasteiger partial charge in [0.15, 0.2) is 11.5 Å². The third-order valence-corrected chi connectivity index (χ3v) is 8.76. The SMILES string of the molecule is Cc1cc(C)c2cc(CN(Cc3ccc4c(c3)OCO4)S(=O)(=O)c3cccc4nsnc34)c(=O)[nH]c2c1. The summed E-state index contributed by atoms with van der Waals surface area (Å²) in [5, 5.41) is 0.867. The monoisotopic (exact) mass is 534 g/mol. The van der Waals surface area contributed by atoms with Gasteiger partial charge in [0.25, 0.3) is 5.56 Å². The summed E-state index contributed by atoms with van der Waals surface area (Å²) in [4.78, 5) is 16.1. The van der Waals surface area contributed by atoms with Gasteiger partial charge in [-0.15, -0.1) is 0 Å². The average molecular weight is 535 g/mol. The molecule has 0 bridgehead atoms. The van der Waals surface area contributed by atoms with E-state index in [0.29, 0.717) is 33.7 Å². The highest BCUT2D eigenvalue weighted by atomic mass is 32.2. The summed E-state index contributed by atoms with van der Waals surface area (Å²) in [5.41, 5.74) is 4.26. The highest BCUT2D eigenvalue weighted by Crippen LogP contribution is 2.34. The number of nitrogens with one attached hydrogen (secondary N) is 1. The summed E-state index contributed by atoms with van der Waals surface area (Å²) in [6, 6.07) is 15.9. The Kier molecular flexibility index (Phi) is 5.70. The van der Waals surface area contributed by atoms with Crippen LogP contribution in [0.5, 0.6) is 11.5 Å². The highest BCUT2D eigenvalue weighted by molar-refractivity contribution is 7.89. The zero-order chi connectivity index (χ0) is 25.7. The minimum atomic E-state index is -4.08. The van der Waals surface area contributed by atoms with Gasteiger partial charge in [0.2, 0.25) is 16.8 Å². The van der Waals surface area contributed by atoms with E-state index in [1.165, 1.54) is 10.4 Å². The second-order valence-electron chi connectivity index (χ2n) is 9.02. The first-order chi connectivity index (χ1) is 17.8. The summed E-state index contributed by atoms with van der Waals surface area (Å²) in [6.45, 7) is 3.92. The predicted molar refractivity (Wildman–Crippen MR) is 140 cm³/mol. The minimum absolute atomic E-state index is 0.0112. The molecule has 0 saturated heterocycles. The topological polar surface area (TPSA) is 114 Å². The fourth-order valence-electron chi connectivity index (χ4n) is 4.62. The van der Waals surface area contributed by atoms with Crippen LogP contribution in [-0.4, -0.2) is 33.2 Å². The second-order valence-corrected chi connectivity index (χ2v) is 11.5. The molecule has 2 aromatic heterocycles. The fraction of sp³-hybridized carbons (Fsp3) is 0.192. The smallest absolute Gasteiger partial charge is 0.252 e. The van der Waals surface area contributed by atoms with Gasteiger partial charge in [-0.25, -0.2) is 8.42 Å². The predicted octanol–water partition coefficient (Wildman–Crippen LogP) is 4.27. The van der Waals surface area contributed by atoms with E-state index in [9.17, 15) is 13.2 Å². The summed E-state index contributed by atoms with van der Waals surface area (Å²) in [7, 11) is -4.08. The van der Waals surface area contributed by atoms with Gasteiger partial charge in [-0.2, -0.15) is 13.1 Å². The molecule has 37 heavy (non-hydrogen) atoms. The average Bonchev–Trinajstić information content (AvgIpc) is 3.53. The Labute approximate surface area is 216 Å². The number of aromatic amines is 1. The molecule has 0 unspecified atom stereocenters. The van der Waals surface area contributed by atoms with Crippen molar-refractivity contribution in [2.45, 2.75) is 31.8 Å². The van der Waals surface area contributed by atoms with Crippen LogP contribution >= 0.6 is 11.7 Å². The molecule has 1 aliphatic rings. The third kappa shape index (κ3) is 4.24. The second kappa shape index (κ2) is 8.94. The molecule has 9 nitrogen and oxygen atoms in total. The number of hydrogen-bond donors (Lipinski definition) is 1. The first kappa shape index (κ1) is 23.6. The van der Waals surface area contributed by atoms with E-state index in [4.69, 9.17) is 9.47 Å². The Morgan fingerprint density at radius 1 is 1.00 bits per heavy atom. The van der Waals surface area contributed by atoms with Crippen molar-refractivity contribution in [2.75, 3.05) is 6.79 Å². The lowest BCUT2D eigenvalue weighted by Crippen LogP contribution is -2.32. The van der Waals surface area contributed by atoms with Crippen molar-refractivity contribution in [1.82, 2.24) is 18.0 Å². The zero-order valence-corrected chi connectivity index (χ0v) is 21.6. The van der Waals surface area contributed by atoms with E-state index in [-0.39, 0.29) is 30.3 Å². The van der Waals surface area contributed by atoms with Crippen LogP contribution in [0.15, 0.2) is 64.3 Å². The molecule has 3 heterocycles. The summed E-state index contributed by atoms with van der Waals surface area (Å²) in [5.74, 6) is 1.16. The van der Waals surface area contributed by atoms with Gasteiger partial charge in [-0.1, -0.05) is 18.2 Å². The number of ether oxygens (including phenoxy) is 2. The molecule has 0 aliphatic carbocycles.